The number of nitrogens with zero attached hydrogens (tertiary/aromatic N) is 2. The van der Waals surface area contributed by atoms with Gasteiger partial charge in [-0.1, -0.05) is 35.9 Å². The van der Waals surface area contributed by atoms with Crippen molar-refractivity contribution < 1.29 is 13.9 Å². The standard InChI is InChI=1S/C28H35ClFN3O2/c29-26-21-23(8-11-27(26)30)28(34)31-24-12-18-33(19-13-24)16-3-5-22-6-9-25(10-7-22)35-20-4-17-32-14-1-2-15-32/h3,5-11,21,24H,1-2,4,12-20H2,(H,31,34)/b5-3+. The topological polar surface area (TPSA) is 44.8 Å². The number of carbonyl (C=O) groups is 1. The van der Waals surface area contributed by atoms with Crippen molar-refractivity contribution in [2.45, 2.75) is 38.1 Å². The van der Waals surface area contributed by atoms with Crippen molar-refractivity contribution in [2.75, 3.05) is 45.9 Å². The van der Waals surface area contributed by atoms with Crippen molar-refractivity contribution >= 4 is 23.6 Å². The second-order valence-corrected chi connectivity index (χ2v) is 9.81. The molecule has 0 aliphatic carbocycles. The Hall–Kier alpha value is -2.41. The van der Waals surface area contributed by atoms with Gasteiger partial charge < -0.3 is 15.0 Å². The maximum atomic E-state index is 13.3. The zero-order valence-electron chi connectivity index (χ0n) is 20.2. The van der Waals surface area contributed by atoms with E-state index in [1.807, 2.05) is 12.1 Å². The second kappa shape index (κ2) is 13.1. The Bertz CT molecular complexity index is 984. The minimum Gasteiger partial charge on any atom is -0.494 e. The highest BCUT2D eigenvalue weighted by atomic mass is 35.5. The highest BCUT2D eigenvalue weighted by Crippen LogP contribution is 2.18. The summed E-state index contributed by atoms with van der Waals surface area (Å²) < 4.78 is 19.2. The molecule has 1 amide bonds. The third-order valence-electron chi connectivity index (χ3n) is 6.74. The van der Waals surface area contributed by atoms with Crippen LogP contribution in [0, 0.1) is 5.82 Å². The Balaban J connectivity index is 1.12. The summed E-state index contributed by atoms with van der Waals surface area (Å²) in [4.78, 5) is 17.3. The largest absolute Gasteiger partial charge is 0.494 e. The summed E-state index contributed by atoms with van der Waals surface area (Å²) in [6.45, 7) is 7.09. The SMILES string of the molecule is O=C(NC1CCN(C/C=C/c2ccc(OCCCN3CCCC3)cc2)CC1)c1ccc(F)c(Cl)c1. The molecule has 2 aromatic rings. The molecule has 0 spiro atoms. The first-order valence-corrected chi connectivity index (χ1v) is 13.0. The number of rotatable bonds is 10. The maximum Gasteiger partial charge on any atom is 0.251 e. The van der Waals surface area contributed by atoms with Crippen LogP contribution in [0.2, 0.25) is 5.02 Å². The Morgan fingerprint density at radius 3 is 2.51 bits per heavy atom. The number of ether oxygens (including phenoxy) is 1. The molecule has 0 atom stereocenters. The number of nitrogens with one attached hydrogen (secondary N) is 1. The molecule has 2 aromatic carbocycles. The first kappa shape index (κ1) is 25.7. The van der Waals surface area contributed by atoms with Crippen molar-refractivity contribution in [3.8, 4) is 5.75 Å². The highest BCUT2D eigenvalue weighted by molar-refractivity contribution is 6.31. The average Bonchev–Trinajstić information content (AvgIpc) is 3.39. The normalized spacial score (nSPS) is 17.8. The van der Waals surface area contributed by atoms with Gasteiger partial charge in [0.2, 0.25) is 0 Å². The van der Waals surface area contributed by atoms with E-state index >= 15 is 0 Å². The summed E-state index contributed by atoms with van der Waals surface area (Å²) in [6.07, 6.45) is 9.84. The van der Waals surface area contributed by atoms with E-state index in [0.717, 1.165) is 63.4 Å². The minimum absolute atomic E-state index is 0.0330. The number of hydrogen-bond acceptors (Lipinski definition) is 4. The average molecular weight is 500 g/mol. The van der Waals surface area contributed by atoms with E-state index in [1.54, 1.807) is 0 Å². The molecular formula is C28H35ClFN3O2. The number of amides is 1. The van der Waals surface area contributed by atoms with E-state index in [0.29, 0.717) is 5.56 Å². The van der Waals surface area contributed by atoms with Crippen LogP contribution < -0.4 is 10.1 Å². The highest BCUT2D eigenvalue weighted by Gasteiger charge is 2.21. The number of benzene rings is 2. The maximum absolute atomic E-state index is 13.3. The summed E-state index contributed by atoms with van der Waals surface area (Å²) in [5, 5.41) is 3.01. The zero-order chi connectivity index (χ0) is 24.5. The fraction of sp³-hybridized carbons (Fsp3) is 0.464. The third kappa shape index (κ3) is 8.06. The lowest BCUT2D eigenvalue weighted by Crippen LogP contribution is -2.44. The first-order valence-electron chi connectivity index (χ1n) is 12.7. The molecule has 0 aromatic heterocycles. The van der Waals surface area contributed by atoms with E-state index in [1.165, 1.54) is 44.1 Å². The lowest BCUT2D eigenvalue weighted by atomic mass is 10.0. The van der Waals surface area contributed by atoms with E-state index in [2.05, 4.69) is 39.4 Å². The van der Waals surface area contributed by atoms with Gasteiger partial charge in [0.1, 0.15) is 11.6 Å². The fourth-order valence-electron chi connectivity index (χ4n) is 4.66. The van der Waals surface area contributed by atoms with Gasteiger partial charge in [-0.2, -0.15) is 0 Å². The Labute approximate surface area is 212 Å². The van der Waals surface area contributed by atoms with E-state index < -0.39 is 5.82 Å². The van der Waals surface area contributed by atoms with Crippen LogP contribution in [0.3, 0.4) is 0 Å². The van der Waals surface area contributed by atoms with Gasteiger partial charge in [0.05, 0.1) is 11.6 Å². The number of carbonyl (C=O) groups excluding carboxylic acids is 1. The Morgan fingerprint density at radius 1 is 1.06 bits per heavy atom. The van der Waals surface area contributed by atoms with Crippen LogP contribution in [0.15, 0.2) is 48.5 Å². The van der Waals surface area contributed by atoms with E-state index in [-0.39, 0.29) is 17.0 Å². The van der Waals surface area contributed by atoms with Crippen molar-refractivity contribution in [1.82, 2.24) is 15.1 Å². The summed E-state index contributed by atoms with van der Waals surface area (Å²) in [7, 11) is 0. The van der Waals surface area contributed by atoms with Crippen molar-refractivity contribution in [3.63, 3.8) is 0 Å². The number of hydrogen-bond donors (Lipinski definition) is 1. The van der Waals surface area contributed by atoms with Crippen molar-refractivity contribution in [2.24, 2.45) is 0 Å². The van der Waals surface area contributed by atoms with Gasteiger partial charge in [-0.15, -0.1) is 0 Å². The molecule has 4 rings (SSSR count). The monoisotopic (exact) mass is 499 g/mol. The van der Waals surface area contributed by atoms with Gasteiger partial charge in [-0.05, 0) is 81.1 Å². The lowest BCUT2D eigenvalue weighted by Gasteiger charge is -2.31. The number of piperidine rings is 1. The minimum atomic E-state index is -0.517. The van der Waals surface area contributed by atoms with E-state index in [4.69, 9.17) is 16.3 Å². The van der Waals surface area contributed by atoms with Gasteiger partial charge in [0.25, 0.3) is 5.91 Å². The lowest BCUT2D eigenvalue weighted by molar-refractivity contribution is 0.0914. The molecule has 0 bridgehead atoms. The van der Waals surface area contributed by atoms with Gasteiger partial charge in [-0.3, -0.25) is 9.69 Å². The quantitative estimate of drug-likeness (QED) is 0.453. The Kier molecular flexibility index (Phi) is 9.57. The van der Waals surface area contributed by atoms with Crippen LogP contribution in [-0.2, 0) is 0 Å². The number of likely N-dealkylation sites (tertiary alicyclic amines) is 2. The molecule has 0 saturated carbocycles. The van der Waals surface area contributed by atoms with Crippen LogP contribution in [0.25, 0.3) is 6.08 Å². The summed E-state index contributed by atoms with van der Waals surface area (Å²) in [5.74, 6) is 0.206. The molecule has 0 radical (unpaired) electrons. The van der Waals surface area contributed by atoms with Gasteiger partial charge in [-0.25, -0.2) is 4.39 Å². The molecule has 1 N–H and O–H groups in total. The summed E-state index contributed by atoms with van der Waals surface area (Å²) in [5.41, 5.74) is 1.55. The molecule has 0 unspecified atom stereocenters. The predicted molar refractivity (Wildman–Crippen MR) is 140 cm³/mol. The van der Waals surface area contributed by atoms with Crippen molar-refractivity contribution in [1.29, 1.82) is 0 Å². The van der Waals surface area contributed by atoms with Crippen LogP contribution in [0.5, 0.6) is 5.75 Å². The van der Waals surface area contributed by atoms with Gasteiger partial charge in [0.15, 0.2) is 0 Å². The Morgan fingerprint density at radius 2 is 1.80 bits per heavy atom. The van der Waals surface area contributed by atoms with Gasteiger partial charge in [0, 0.05) is 37.8 Å². The molecule has 2 heterocycles. The van der Waals surface area contributed by atoms with Crippen LogP contribution in [0.1, 0.15) is 48.0 Å². The molecule has 2 aliphatic rings. The molecule has 5 nitrogen and oxygen atoms in total. The number of halogens is 2. The molecule has 2 saturated heterocycles. The molecule has 7 heteroatoms. The molecule has 2 fully saturated rings. The van der Waals surface area contributed by atoms with Crippen LogP contribution >= 0.6 is 11.6 Å². The van der Waals surface area contributed by atoms with Crippen molar-refractivity contribution in [3.05, 3.63) is 70.5 Å². The van der Waals surface area contributed by atoms with E-state index in [9.17, 15) is 9.18 Å². The molecular weight excluding hydrogens is 465 g/mol. The zero-order valence-corrected chi connectivity index (χ0v) is 21.0. The summed E-state index contributed by atoms with van der Waals surface area (Å²) >= 11 is 5.79. The smallest absolute Gasteiger partial charge is 0.251 e. The first-order chi connectivity index (χ1) is 17.1. The molecule has 35 heavy (non-hydrogen) atoms. The fourth-order valence-corrected chi connectivity index (χ4v) is 4.84. The molecule has 2 aliphatic heterocycles. The van der Waals surface area contributed by atoms with Gasteiger partial charge >= 0.3 is 0 Å². The second-order valence-electron chi connectivity index (χ2n) is 9.40. The summed E-state index contributed by atoms with van der Waals surface area (Å²) in [6, 6.07) is 12.4. The predicted octanol–water partition coefficient (Wildman–Crippen LogP) is 5.25. The van der Waals surface area contributed by atoms with Crippen LogP contribution in [0.4, 0.5) is 4.39 Å². The third-order valence-corrected chi connectivity index (χ3v) is 7.03. The molecule has 188 valence electrons. The van der Waals surface area contributed by atoms with Crippen LogP contribution in [-0.4, -0.2) is 67.6 Å².